The molecule has 1 aromatic rings. The second-order valence-electron chi connectivity index (χ2n) is 4.80. The highest BCUT2D eigenvalue weighted by Crippen LogP contribution is 2.58. The second kappa shape index (κ2) is 2.37. The topological polar surface area (TPSA) is 0 Å². The maximum absolute atomic E-state index is 2.42. The van der Waals surface area contributed by atoms with Gasteiger partial charge in [0.15, 0.2) is 0 Å². The molecule has 1 saturated carbocycles. The Hall–Kier alpha value is -0.780. The number of benzene rings is 1. The standard InChI is InChI=1S/C13H16/c1-8-9(2)13-7-12(8)10-5-3-4-6-11(10)13/h3-6,8-9,12-13H,7H2,1-2H3/t8-,9-,12-,13-/m0/s1. The summed E-state index contributed by atoms with van der Waals surface area (Å²) in [7, 11) is 0. The second-order valence-corrected chi connectivity index (χ2v) is 4.80. The van der Waals surface area contributed by atoms with Crippen LogP contribution in [0.4, 0.5) is 0 Å². The molecule has 0 heterocycles. The van der Waals surface area contributed by atoms with E-state index >= 15 is 0 Å². The minimum absolute atomic E-state index is 0.871. The molecule has 2 bridgehead atoms. The van der Waals surface area contributed by atoms with Crippen LogP contribution >= 0.6 is 0 Å². The maximum atomic E-state index is 2.42. The third-order valence-electron chi connectivity index (χ3n) is 4.40. The van der Waals surface area contributed by atoms with Crippen molar-refractivity contribution in [2.24, 2.45) is 11.8 Å². The van der Waals surface area contributed by atoms with E-state index in [1.54, 1.807) is 11.1 Å². The Morgan fingerprint density at radius 2 is 1.38 bits per heavy atom. The van der Waals surface area contributed by atoms with E-state index in [0.29, 0.717) is 0 Å². The molecule has 2 aliphatic rings. The molecule has 0 radical (unpaired) electrons. The first-order valence-corrected chi connectivity index (χ1v) is 5.38. The van der Waals surface area contributed by atoms with E-state index in [2.05, 4.69) is 38.1 Å². The van der Waals surface area contributed by atoms with Crippen molar-refractivity contribution in [3.8, 4) is 0 Å². The zero-order chi connectivity index (χ0) is 9.00. The van der Waals surface area contributed by atoms with Gasteiger partial charge in [-0.25, -0.2) is 0 Å². The molecule has 0 N–H and O–H groups in total. The summed E-state index contributed by atoms with van der Waals surface area (Å²) >= 11 is 0. The van der Waals surface area contributed by atoms with Crippen LogP contribution < -0.4 is 0 Å². The van der Waals surface area contributed by atoms with Gasteiger partial charge in [-0.2, -0.15) is 0 Å². The molecule has 68 valence electrons. The Bertz CT molecular complexity index is 307. The lowest BCUT2D eigenvalue weighted by molar-refractivity contribution is 0.381. The smallest absolute Gasteiger partial charge is 0.0125 e. The molecule has 0 unspecified atom stereocenters. The van der Waals surface area contributed by atoms with Crippen LogP contribution in [0, 0.1) is 11.8 Å². The van der Waals surface area contributed by atoms with Crippen LogP contribution in [0.5, 0.6) is 0 Å². The van der Waals surface area contributed by atoms with Crippen molar-refractivity contribution in [1.29, 1.82) is 0 Å². The van der Waals surface area contributed by atoms with Crippen molar-refractivity contribution >= 4 is 0 Å². The molecular formula is C13H16. The predicted molar refractivity (Wildman–Crippen MR) is 54.9 cm³/mol. The van der Waals surface area contributed by atoms with Gasteiger partial charge in [-0.3, -0.25) is 0 Å². The first-order chi connectivity index (χ1) is 6.29. The Morgan fingerprint density at radius 3 is 1.85 bits per heavy atom. The molecule has 2 aliphatic carbocycles. The lowest BCUT2D eigenvalue weighted by Gasteiger charge is -2.27. The SMILES string of the molecule is C[C@H]1[C@H](C)[C@@H]2C[C@@H]1c1ccccc12. The zero-order valence-corrected chi connectivity index (χ0v) is 8.33. The fraction of sp³-hybridized carbons (Fsp3) is 0.538. The fourth-order valence-electron chi connectivity index (χ4n) is 3.44. The van der Waals surface area contributed by atoms with Crippen molar-refractivity contribution in [1.82, 2.24) is 0 Å². The van der Waals surface area contributed by atoms with E-state index in [4.69, 9.17) is 0 Å². The largest absolute Gasteiger partial charge is 0.0620 e. The number of hydrogen-bond acceptors (Lipinski definition) is 0. The molecule has 0 saturated heterocycles. The molecule has 3 rings (SSSR count). The highest BCUT2D eigenvalue weighted by molar-refractivity contribution is 5.42. The molecule has 0 nitrogen and oxygen atoms in total. The molecule has 0 amide bonds. The average Bonchev–Trinajstić information content (AvgIpc) is 2.66. The number of rotatable bonds is 0. The summed E-state index contributed by atoms with van der Waals surface area (Å²) in [6.07, 6.45) is 1.42. The highest BCUT2D eigenvalue weighted by Gasteiger charge is 2.46. The van der Waals surface area contributed by atoms with Gasteiger partial charge in [-0.1, -0.05) is 38.1 Å². The van der Waals surface area contributed by atoms with Gasteiger partial charge < -0.3 is 0 Å². The van der Waals surface area contributed by atoms with E-state index in [1.165, 1.54) is 6.42 Å². The minimum atomic E-state index is 0.871. The van der Waals surface area contributed by atoms with Crippen molar-refractivity contribution < 1.29 is 0 Å². The highest BCUT2D eigenvalue weighted by atomic mass is 14.5. The third kappa shape index (κ3) is 0.815. The molecule has 13 heavy (non-hydrogen) atoms. The van der Waals surface area contributed by atoms with Crippen LogP contribution in [-0.4, -0.2) is 0 Å². The van der Waals surface area contributed by atoms with Gasteiger partial charge in [0.1, 0.15) is 0 Å². The number of hydrogen-bond donors (Lipinski definition) is 0. The first kappa shape index (κ1) is 7.61. The Kier molecular flexibility index (Phi) is 1.39. The molecule has 0 heteroatoms. The number of fused-ring (bicyclic) bond motifs is 5. The zero-order valence-electron chi connectivity index (χ0n) is 8.33. The fourth-order valence-corrected chi connectivity index (χ4v) is 3.44. The molecule has 0 spiro atoms. The van der Waals surface area contributed by atoms with Crippen molar-refractivity contribution in [2.45, 2.75) is 32.1 Å². The van der Waals surface area contributed by atoms with E-state index in [1.807, 2.05) is 0 Å². The van der Waals surface area contributed by atoms with E-state index in [9.17, 15) is 0 Å². The molecule has 1 aromatic carbocycles. The van der Waals surface area contributed by atoms with Crippen LogP contribution in [0.3, 0.4) is 0 Å². The van der Waals surface area contributed by atoms with Crippen molar-refractivity contribution in [3.05, 3.63) is 35.4 Å². The minimum Gasteiger partial charge on any atom is -0.0620 e. The van der Waals surface area contributed by atoms with Crippen LogP contribution in [0.2, 0.25) is 0 Å². The van der Waals surface area contributed by atoms with Crippen LogP contribution in [0.1, 0.15) is 43.2 Å². The van der Waals surface area contributed by atoms with Gasteiger partial charge in [0.05, 0.1) is 0 Å². The van der Waals surface area contributed by atoms with Crippen LogP contribution in [-0.2, 0) is 0 Å². The summed E-state index contributed by atoms with van der Waals surface area (Å²) in [6, 6.07) is 9.05. The van der Waals surface area contributed by atoms with Crippen molar-refractivity contribution in [2.75, 3.05) is 0 Å². The van der Waals surface area contributed by atoms with Crippen molar-refractivity contribution in [3.63, 3.8) is 0 Å². The van der Waals surface area contributed by atoms with Crippen LogP contribution in [0.25, 0.3) is 0 Å². The molecule has 0 aliphatic heterocycles. The quantitative estimate of drug-likeness (QED) is 0.561. The first-order valence-electron chi connectivity index (χ1n) is 5.38. The van der Waals surface area contributed by atoms with Gasteiger partial charge in [0.25, 0.3) is 0 Å². The van der Waals surface area contributed by atoms with E-state index in [0.717, 1.165) is 23.7 Å². The average molecular weight is 172 g/mol. The Morgan fingerprint density at radius 1 is 0.923 bits per heavy atom. The summed E-state index contributed by atoms with van der Waals surface area (Å²) in [5.74, 6) is 3.55. The Labute approximate surface area is 80.0 Å². The van der Waals surface area contributed by atoms with E-state index in [-0.39, 0.29) is 0 Å². The maximum Gasteiger partial charge on any atom is -0.0125 e. The predicted octanol–water partition coefficient (Wildman–Crippen LogP) is 3.54. The van der Waals surface area contributed by atoms with Gasteiger partial charge in [0.2, 0.25) is 0 Å². The van der Waals surface area contributed by atoms with Gasteiger partial charge in [-0.15, -0.1) is 0 Å². The molecule has 0 aromatic heterocycles. The normalized spacial score (nSPS) is 40.8. The molecular weight excluding hydrogens is 156 g/mol. The summed E-state index contributed by atoms with van der Waals surface area (Å²) in [5.41, 5.74) is 3.30. The van der Waals surface area contributed by atoms with Gasteiger partial charge in [0, 0.05) is 0 Å². The van der Waals surface area contributed by atoms with Crippen LogP contribution in [0.15, 0.2) is 24.3 Å². The Balaban J connectivity index is 2.16. The molecule has 4 atom stereocenters. The summed E-state index contributed by atoms with van der Waals surface area (Å²) in [4.78, 5) is 0. The van der Waals surface area contributed by atoms with Gasteiger partial charge in [-0.05, 0) is 41.2 Å². The summed E-state index contributed by atoms with van der Waals surface area (Å²) in [5, 5.41) is 0. The summed E-state index contributed by atoms with van der Waals surface area (Å²) < 4.78 is 0. The van der Waals surface area contributed by atoms with E-state index < -0.39 is 0 Å². The van der Waals surface area contributed by atoms with Gasteiger partial charge >= 0.3 is 0 Å². The monoisotopic (exact) mass is 172 g/mol. The summed E-state index contributed by atoms with van der Waals surface area (Å²) in [6.45, 7) is 4.84. The molecule has 1 fully saturated rings. The lowest BCUT2D eigenvalue weighted by Crippen LogP contribution is -2.16. The lowest BCUT2D eigenvalue weighted by atomic mass is 9.78. The third-order valence-corrected chi connectivity index (χ3v) is 4.40.